The second-order valence-corrected chi connectivity index (χ2v) is 8.35. The van der Waals surface area contributed by atoms with Gasteiger partial charge in [-0.25, -0.2) is 9.97 Å². The number of allylic oxidation sites excluding steroid dienone is 1. The molecule has 0 amide bonds. The Hall–Kier alpha value is -2.66. The minimum Gasteiger partial charge on any atom is -0.378 e. The van der Waals surface area contributed by atoms with Gasteiger partial charge in [0.15, 0.2) is 5.65 Å². The Bertz CT molecular complexity index is 1050. The zero-order valence-electron chi connectivity index (χ0n) is 17.1. The van der Waals surface area contributed by atoms with Gasteiger partial charge in [-0.1, -0.05) is 23.8 Å². The molecule has 2 aliphatic rings. The number of fused-ring (bicyclic) bond motifs is 2. The fourth-order valence-electron chi connectivity index (χ4n) is 4.65. The van der Waals surface area contributed by atoms with E-state index in [1.165, 1.54) is 54.5 Å². The van der Waals surface area contributed by atoms with Gasteiger partial charge >= 0.3 is 0 Å². The predicted octanol–water partition coefficient (Wildman–Crippen LogP) is 4.96. The number of nitrogens with one attached hydrogen (secondary N) is 3. The molecule has 1 aliphatic carbocycles. The molecule has 1 aliphatic heterocycles. The lowest BCUT2D eigenvalue weighted by molar-refractivity contribution is 0.632. The van der Waals surface area contributed by atoms with Gasteiger partial charge in [0.2, 0.25) is 0 Å². The van der Waals surface area contributed by atoms with Crippen LogP contribution in [-0.2, 0) is 13.0 Å². The van der Waals surface area contributed by atoms with Gasteiger partial charge in [0.1, 0.15) is 11.3 Å². The maximum Gasteiger partial charge on any atom is 0.157 e. The molecule has 1 unspecified atom stereocenters. The number of rotatable bonds is 6. The lowest BCUT2D eigenvalue weighted by Crippen LogP contribution is -2.15. The maximum atomic E-state index is 4.65. The fourth-order valence-corrected chi connectivity index (χ4v) is 4.65. The largest absolute Gasteiger partial charge is 0.378 e. The first-order valence-electron chi connectivity index (χ1n) is 10.8. The summed E-state index contributed by atoms with van der Waals surface area (Å²) in [6.45, 7) is 3.98. The first kappa shape index (κ1) is 18.4. The molecule has 3 aromatic rings. The standard InChI is InChI=1S/C24H29N5/c1-16-27-23-20(10-12-26-24(23)28-16)22-14-19-13-18(7-8-21(19)29-22)15-25-11-9-17-5-3-2-4-6-17/h5,7-8,10,12-13,22,25,29H,2-4,6,9,11,14-15H2,1H3,(H,26,27,28). The van der Waals surface area contributed by atoms with Crippen LogP contribution < -0.4 is 10.6 Å². The van der Waals surface area contributed by atoms with E-state index in [9.17, 15) is 0 Å². The molecule has 1 aromatic carbocycles. The van der Waals surface area contributed by atoms with E-state index in [2.05, 4.69) is 55.9 Å². The first-order valence-corrected chi connectivity index (χ1v) is 10.8. The van der Waals surface area contributed by atoms with Crippen LogP contribution in [0.3, 0.4) is 0 Å². The molecule has 1 atom stereocenters. The number of aryl methyl sites for hydroxylation is 1. The molecule has 0 saturated carbocycles. The van der Waals surface area contributed by atoms with Gasteiger partial charge < -0.3 is 15.6 Å². The first-order chi connectivity index (χ1) is 14.3. The minimum absolute atomic E-state index is 0.250. The molecule has 0 bridgehead atoms. The Morgan fingerprint density at radius 1 is 1.21 bits per heavy atom. The van der Waals surface area contributed by atoms with E-state index in [0.717, 1.165) is 36.5 Å². The number of hydrogen-bond donors (Lipinski definition) is 3. The molecule has 0 radical (unpaired) electrons. The van der Waals surface area contributed by atoms with Gasteiger partial charge in [-0.2, -0.15) is 0 Å². The molecule has 5 heteroatoms. The average Bonchev–Trinajstić information content (AvgIpc) is 3.33. The summed E-state index contributed by atoms with van der Waals surface area (Å²) in [7, 11) is 0. The molecule has 3 N–H and O–H groups in total. The molecule has 3 heterocycles. The summed E-state index contributed by atoms with van der Waals surface area (Å²) >= 11 is 0. The van der Waals surface area contributed by atoms with Crippen molar-refractivity contribution >= 4 is 16.9 Å². The summed E-state index contributed by atoms with van der Waals surface area (Å²) in [5.41, 5.74) is 8.70. The highest BCUT2D eigenvalue weighted by atomic mass is 15.0. The van der Waals surface area contributed by atoms with Crippen molar-refractivity contribution in [1.29, 1.82) is 0 Å². The van der Waals surface area contributed by atoms with Crippen LogP contribution in [0.5, 0.6) is 0 Å². The number of anilines is 1. The smallest absolute Gasteiger partial charge is 0.157 e. The maximum absolute atomic E-state index is 4.65. The van der Waals surface area contributed by atoms with Crippen LogP contribution in [0.15, 0.2) is 42.1 Å². The van der Waals surface area contributed by atoms with Gasteiger partial charge in [0.05, 0.1) is 6.04 Å². The summed E-state index contributed by atoms with van der Waals surface area (Å²) in [4.78, 5) is 12.3. The number of aromatic amines is 1. The summed E-state index contributed by atoms with van der Waals surface area (Å²) < 4.78 is 0. The van der Waals surface area contributed by atoms with Crippen LogP contribution in [0.1, 0.15) is 60.7 Å². The Morgan fingerprint density at radius 2 is 2.17 bits per heavy atom. The number of imidazole rings is 1. The molecule has 5 rings (SSSR count). The highest BCUT2D eigenvalue weighted by Crippen LogP contribution is 2.36. The van der Waals surface area contributed by atoms with Gasteiger partial charge in [-0.05, 0) is 75.3 Å². The van der Waals surface area contributed by atoms with Crippen LogP contribution in [0.25, 0.3) is 11.2 Å². The Morgan fingerprint density at radius 3 is 3.07 bits per heavy atom. The van der Waals surface area contributed by atoms with E-state index >= 15 is 0 Å². The number of aromatic nitrogens is 3. The normalized spacial score (nSPS) is 18.5. The topological polar surface area (TPSA) is 65.6 Å². The highest BCUT2D eigenvalue weighted by molar-refractivity contribution is 5.77. The highest BCUT2D eigenvalue weighted by Gasteiger charge is 2.25. The van der Waals surface area contributed by atoms with Crippen molar-refractivity contribution in [3.05, 3.63) is 64.6 Å². The van der Waals surface area contributed by atoms with Gasteiger partial charge in [-0.3, -0.25) is 0 Å². The van der Waals surface area contributed by atoms with E-state index in [1.54, 1.807) is 5.57 Å². The Balaban J connectivity index is 1.23. The van der Waals surface area contributed by atoms with E-state index < -0.39 is 0 Å². The molecule has 2 aromatic heterocycles. The fraction of sp³-hybridized carbons (Fsp3) is 0.417. The summed E-state index contributed by atoms with van der Waals surface area (Å²) in [5.74, 6) is 0.910. The van der Waals surface area contributed by atoms with E-state index in [4.69, 9.17) is 0 Å². The van der Waals surface area contributed by atoms with Crippen molar-refractivity contribution in [1.82, 2.24) is 20.3 Å². The van der Waals surface area contributed by atoms with Crippen molar-refractivity contribution in [2.24, 2.45) is 0 Å². The molecule has 0 saturated heterocycles. The summed E-state index contributed by atoms with van der Waals surface area (Å²) in [5, 5.41) is 7.31. The van der Waals surface area contributed by atoms with Crippen molar-refractivity contribution in [3.63, 3.8) is 0 Å². The molecular formula is C24H29N5. The summed E-state index contributed by atoms with van der Waals surface area (Å²) in [6.07, 6.45) is 11.8. The minimum atomic E-state index is 0.250. The van der Waals surface area contributed by atoms with E-state index in [0.29, 0.717) is 0 Å². The van der Waals surface area contributed by atoms with Crippen molar-refractivity contribution in [2.45, 2.75) is 58.0 Å². The van der Waals surface area contributed by atoms with Crippen LogP contribution in [-0.4, -0.2) is 21.5 Å². The van der Waals surface area contributed by atoms with Crippen LogP contribution in [0.2, 0.25) is 0 Å². The quantitative estimate of drug-likeness (QED) is 0.413. The lowest BCUT2D eigenvalue weighted by atomic mass is 9.97. The molecule has 150 valence electrons. The Labute approximate surface area is 172 Å². The molecule has 5 nitrogen and oxygen atoms in total. The lowest BCUT2D eigenvalue weighted by Gasteiger charge is -2.13. The molecular weight excluding hydrogens is 358 g/mol. The van der Waals surface area contributed by atoms with Crippen LogP contribution >= 0.6 is 0 Å². The molecule has 0 fully saturated rings. The van der Waals surface area contributed by atoms with Crippen molar-refractivity contribution in [3.8, 4) is 0 Å². The zero-order chi connectivity index (χ0) is 19.6. The number of benzene rings is 1. The average molecular weight is 388 g/mol. The predicted molar refractivity (Wildman–Crippen MR) is 118 cm³/mol. The van der Waals surface area contributed by atoms with Crippen molar-refractivity contribution < 1.29 is 0 Å². The van der Waals surface area contributed by atoms with E-state index in [1.807, 2.05) is 13.1 Å². The zero-order valence-corrected chi connectivity index (χ0v) is 17.1. The van der Waals surface area contributed by atoms with Crippen molar-refractivity contribution in [2.75, 3.05) is 11.9 Å². The third-order valence-corrected chi connectivity index (χ3v) is 6.17. The van der Waals surface area contributed by atoms with Gasteiger partial charge in [-0.15, -0.1) is 0 Å². The number of pyridine rings is 1. The van der Waals surface area contributed by atoms with Gasteiger partial charge in [0, 0.05) is 24.0 Å². The SMILES string of the molecule is Cc1nc2c(C3Cc4cc(CNCCC5=CCCCC5)ccc4N3)ccnc2[nH]1. The Kier molecular flexibility index (Phi) is 5.06. The number of H-pyrrole nitrogens is 1. The van der Waals surface area contributed by atoms with E-state index in [-0.39, 0.29) is 6.04 Å². The number of nitrogens with zero attached hydrogens (tertiary/aromatic N) is 2. The third kappa shape index (κ3) is 3.92. The van der Waals surface area contributed by atoms with Crippen LogP contribution in [0.4, 0.5) is 5.69 Å². The van der Waals surface area contributed by atoms with Gasteiger partial charge in [0.25, 0.3) is 0 Å². The van der Waals surface area contributed by atoms with Crippen LogP contribution in [0, 0.1) is 6.92 Å². The monoisotopic (exact) mass is 387 g/mol. The summed E-state index contributed by atoms with van der Waals surface area (Å²) in [6, 6.07) is 9.16. The molecule has 29 heavy (non-hydrogen) atoms. The molecule has 0 spiro atoms. The second kappa shape index (κ2) is 7.99. The second-order valence-electron chi connectivity index (χ2n) is 8.35. The number of hydrogen-bond acceptors (Lipinski definition) is 4. The third-order valence-electron chi connectivity index (χ3n) is 6.17.